The summed E-state index contributed by atoms with van der Waals surface area (Å²) in [4.78, 5) is 82.4. The third-order valence-electron chi connectivity index (χ3n) is 10.7. The van der Waals surface area contributed by atoms with Gasteiger partial charge in [0.25, 0.3) is 23.6 Å². The van der Waals surface area contributed by atoms with Crippen LogP contribution in [0.3, 0.4) is 0 Å². The van der Waals surface area contributed by atoms with Gasteiger partial charge in [0.05, 0.1) is 114 Å². The van der Waals surface area contributed by atoms with Gasteiger partial charge in [-0.15, -0.1) is 0 Å². The fourth-order valence-electron chi connectivity index (χ4n) is 7.44. The summed E-state index contributed by atoms with van der Waals surface area (Å²) in [6.45, 7) is 22.1. The Labute approximate surface area is 432 Å². The second-order valence-corrected chi connectivity index (χ2v) is 14.9. The van der Waals surface area contributed by atoms with Crippen molar-refractivity contribution in [2.24, 2.45) is 0 Å². The smallest absolute Gasteiger partial charge is 0.252 e. The molecule has 2 aromatic carbocycles. The monoisotopic (exact) mass is 1040 g/mol. The van der Waals surface area contributed by atoms with Crippen molar-refractivity contribution < 1.29 is 79.8 Å². The minimum Gasteiger partial charge on any atom is -0.394 e. The zero-order valence-corrected chi connectivity index (χ0v) is 46.2. The zero-order chi connectivity index (χ0) is 57.9. The topological polar surface area (TPSA) is 359 Å². The minimum atomic E-state index is -1.89. The van der Waals surface area contributed by atoms with Gasteiger partial charge in [0.1, 0.15) is 0 Å². The summed E-state index contributed by atoms with van der Waals surface area (Å²) in [5.74, 6) is -3.44. The van der Waals surface area contributed by atoms with Crippen molar-refractivity contribution in [3.8, 4) is 0 Å². The fourth-order valence-corrected chi connectivity index (χ4v) is 7.44. The number of benzene rings is 2. The maximum absolute atomic E-state index is 13.8. The Morgan fingerprint density at radius 2 is 0.630 bits per heavy atom. The summed E-state index contributed by atoms with van der Waals surface area (Å²) in [6.07, 6.45) is -3.22. The molecular weight excluding hydrogens is 953 g/mol. The molecule has 0 saturated heterocycles. The van der Waals surface area contributed by atoms with E-state index in [4.69, 9.17) is 0 Å². The number of carbonyl (C=O) groups excluding carboxylic acids is 6. The Bertz CT molecular complexity index is 1880. The molecule has 22 nitrogen and oxygen atoms in total. The molecule has 0 fully saturated rings. The van der Waals surface area contributed by atoms with Crippen LogP contribution in [0.2, 0.25) is 0 Å². The number of nitrogens with zero attached hydrogens (tertiary/aromatic N) is 2. The number of amides is 6. The van der Waals surface area contributed by atoms with Crippen molar-refractivity contribution in [2.75, 3.05) is 75.7 Å². The number of hydrogen-bond donors (Lipinski definition) is 14. The van der Waals surface area contributed by atoms with E-state index in [9.17, 15) is 79.8 Å². The van der Waals surface area contributed by atoms with Gasteiger partial charge in [0.15, 0.2) is 0 Å². The molecule has 73 heavy (non-hydrogen) atoms. The van der Waals surface area contributed by atoms with Crippen LogP contribution in [0.5, 0.6) is 0 Å². The molecule has 0 aliphatic carbocycles. The Balaban J connectivity index is -0.00000223. The zero-order valence-electron chi connectivity index (χ0n) is 46.2. The van der Waals surface area contributed by atoms with E-state index in [0.717, 1.165) is 9.80 Å². The van der Waals surface area contributed by atoms with Gasteiger partial charge < -0.3 is 82.1 Å². The molecule has 0 aliphatic heterocycles. The molecule has 0 aliphatic rings. The molecule has 0 radical (unpaired) electrons. The van der Waals surface area contributed by atoms with Crippen molar-refractivity contribution in [3.63, 3.8) is 0 Å². The molecule has 2 atom stereocenters. The first kappa shape index (κ1) is 74.4. The molecule has 6 amide bonds. The second-order valence-electron chi connectivity index (χ2n) is 14.9. The third-order valence-corrected chi connectivity index (χ3v) is 10.7. The van der Waals surface area contributed by atoms with E-state index in [1.54, 1.807) is 6.92 Å². The first-order valence-electron chi connectivity index (χ1n) is 25.1. The van der Waals surface area contributed by atoms with Crippen molar-refractivity contribution in [2.45, 2.75) is 154 Å². The highest BCUT2D eigenvalue weighted by atomic mass is 16.3. The van der Waals surface area contributed by atoms with Crippen LogP contribution in [0.1, 0.15) is 151 Å². The van der Waals surface area contributed by atoms with E-state index in [1.807, 2.05) is 69.2 Å². The van der Waals surface area contributed by atoms with Crippen LogP contribution in [0.15, 0.2) is 0 Å². The first-order chi connectivity index (χ1) is 34.9. The normalized spacial score (nSPS) is 11.1. The maximum Gasteiger partial charge on any atom is 0.252 e. The third kappa shape index (κ3) is 20.6. The molecule has 0 aromatic heterocycles. The van der Waals surface area contributed by atoms with Crippen LogP contribution in [-0.4, -0.2) is 190 Å². The first-order valence-corrected chi connectivity index (χ1v) is 25.1. The van der Waals surface area contributed by atoms with Crippen LogP contribution >= 0.6 is 0 Å². The largest absolute Gasteiger partial charge is 0.394 e. The molecule has 14 N–H and O–H groups in total. The van der Waals surface area contributed by atoms with E-state index in [0.29, 0.717) is 0 Å². The number of carbonyl (C=O) groups is 6. The number of rotatable bonds is 26. The Morgan fingerprint density at radius 3 is 0.863 bits per heavy atom. The molecular formula is C51H92N6O16. The Kier molecular flexibility index (Phi) is 42.0. The molecule has 422 valence electrons. The van der Waals surface area contributed by atoms with Gasteiger partial charge in [0.2, 0.25) is 12.8 Å². The molecule has 2 aromatic rings. The van der Waals surface area contributed by atoms with E-state index in [2.05, 4.69) is 21.3 Å². The highest BCUT2D eigenvalue weighted by molar-refractivity contribution is 6.08. The van der Waals surface area contributed by atoms with Crippen molar-refractivity contribution in [1.29, 1.82) is 0 Å². The summed E-state index contributed by atoms with van der Waals surface area (Å²) >= 11 is 0. The molecule has 0 saturated carbocycles. The van der Waals surface area contributed by atoms with Crippen molar-refractivity contribution in [1.82, 2.24) is 21.3 Å². The van der Waals surface area contributed by atoms with Gasteiger partial charge in [-0.05, 0) is 74.4 Å². The summed E-state index contributed by atoms with van der Waals surface area (Å²) in [6, 6.07) is -4.49. The summed E-state index contributed by atoms with van der Waals surface area (Å²) in [5.41, 5.74) is -0.120. The lowest BCUT2D eigenvalue weighted by molar-refractivity contribution is -0.109. The highest BCUT2D eigenvalue weighted by Gasteiger charge is 2.34. The number of aliphatic hydroxyl groups is 10. The number of nitrogens with one attached hydrogen (secondary N) is 4. The van der Waals surface area contributed by atoms with E-state index >= 15 is 0 Å². The molecule has 22 heteroatoms. The minimum absolute atomic E-state index is 0.0366. The molecule has 0 bridgehead atoms. The predicted octanol–water partition coefficient (Wildman–Crippen LogP) is 0.602. The lowest BCUT2D eigenvalue weighted by Gasteiger charge is -2.33. The van der Waals surface area contributed by atoms with Gasteiger partial charge in [-0.2, -0.15) is 0 Å². The van der Waals surface area contributed by atoms with E-state index in [1.165, 1.54) is 34.6 Å². The van der Waals surface area contributed by atoms with Crippen LogP contribution in [0, 0.1) is 34.6 Å². The average Bonchev–Trinajstić information content (AvgIpc) is 3.41. The number of aliphatic hydroxyl groups excluding tert-OH is 10. The van der Waals surface area contributed by atoms with Crippen molar-refractivity contribution >= 4 is 47.8 Å². The van der Waals surface area contributed by atoms with E-state index in [-0.39, 0.29) is 86.3 Å². The lowest BCUT2D eigenvalue weighted by atomic mass is 9.87. The molecule has 2 unspecified atom stereocenters. The van der Waals surface area contributed by atoms with Crippen LogP contribution in [-0.2, 0) is 16.0 Å². The van der Waals surface area contributed by atoms with Crippen LogP contribution in [0.25, 0.3) is 0 Å². The van der Waals surface area contributed by atoms with Crippen LogP contribution in [0.4, 0.5) is 11.4 Å². The van der Waals surface area contributed by atoms with Gasteiger partial charge >= 0.3 is 0 Å². The quantitative estimate of drug-likeness (QED) is 0.0574. The SMILES string of the molecule is CC.CC.CC.CC.CC.CCc1c(C(=O)NC(CO)CO)c(C)c(C(=O)NC(CO)CO)c(C)c1N(C=O)CC(O)C(O)CN(C=O)c1c(C)c(C(=O)NC(CO)CO)c(C)c(C(=O)NC(CO)CO)c1C. The van der Waals surface area contributed by atoms with Gasteiger partial charge in [-0.25, -0.2) is 0 Å². The van der Waals surface area contributed by atoms with Gasteiger partial charge in [-0.3, -0.25) is 28.8 Å². The fraction of sp³-hybridized carbons (Fsp3) is 0.647. The maximum atomic E-state index is 13.8. The average molecular weight is 1050 g/mol. The summed E-state index contributed by atoms with van der Waals surface area (Å²) in [5, 5.41) is 110. The Morgan fingerprint density at radius 1 is 0.411 bits per heavy atom. The van der Waals surface area contributed by atoms with E-state index < -0.39 is 126 Å². The highest BCUT2D eigenvalue weighted by Crippen LogP contribution is 2.37. The van der Waals surface area contributed by atoms with Gasteiger partial charge in [-0.1, -0.05) is 76.2 Å². The lowest BCUT2D eigenvalue weighted by Crippen LogP contribution is -2.46. The summed E-state index contributed by atoms with van der Waals surface area (Å²) < 4.78 is 0. The number of anilines is 2. The van der Waals surface area contributed by atoms with Crippen molar-refractivity contribution in [3.05, 3.63) is 55.6 Å². The van der Waals surface area contributed by atoms with Crippen LogP contribution < -0.4 is 31.1 Å². The number of hydrogen-bond acceptors (Lipinski definition) is 16. The molecule has 0 spiro atoms. The summed E-state index contributed by atoms with van der Waals surface area (Å²) in [7, 11) is 0. The molecule has 2 rings (SSSR count). The predicted molar refractivity (Wildman–Crippen MR) is 283 cm³/mol. The van der Waals surface area contributed by atoms with Gasteiger partial charge in [0, 0.05) is 22.3 Å². The standard InChI is InChI=1S/C41H62N6O16.5C2H6/c1-7-29-35(41(63)45-28(16-54)17-55)21(3)34(40(62)44-27(14-52)15-53)24(6)37(29)47(19-57)9-31(59)30(58)8-46(18-56)36-22(4)32(38(60)42-25(10-48)11-49)20(2)33(23(36)5)39(61)43-26(12-50)13-51;5*1-2/h18-19,25-28,30-31,48-55,58-59H,7-17H2,1-6H3,(H,42,60)(H,43,61)(H,44,62)(H,45,63);5*1-2H3. The Hall–Kier alpha value is -5.14. The second kappa shape index (κ2) is 41.2. The molecule has 0 heterocycles.